The molecule has 2 aromatic rings. The highest BCUT2D eigenvalue weighted by atomic mass is 79.9. The lowest BCUT2D eigenvalue weighted by molar-refractivity contribution is -0.139. The third kappa shape index (κ3) is 5.77. The van der Waals surface area contributed by atoms with Crippen molar-refractivity contribution in [2.75, 3.05) is 20.3 Å². The topological polar surface area (TPSA) is 106 Å². The molecule has 0 saturated carbocycles. The molecule has 1 fully saturated rings. The fraction of sp³-hybridized carbons (Fsp3) is 0.182. The van der Waals surface area contributed by atoms with Gasteiger partial charge in [-0.15, -0.1) is 0 Å². The number of carboxylic acid groups (broad SMARTS) is 1. The Morgan fingerprint density at radius 1 is 1.22 bits per heavy atom. The molecular weight excluding hydrogens is 500 g/mol. The van der Waals surface area contributed by atoms with E-state index in [-0.39, 0.29) is 5.91 Å². The van der Waals surface area contributed by atoms with Crippen LogP contribution in [0.5, 0.6) is 5.75 Å². The highest BCUT2D eigenvalue weighted by molar-refractivity contribution is 9.10. The summed E-state index contributed by atoms with van der Waals surface area (Å²) in [5.41, 5.74) is 1.56. The van der Waals surface area contributed by atoms with Gasteiger partial charge in [-0.1, -0.05) is 15.9 Å². The summed E-state index contributed by atoms with van der Waals surface area (Å²) in [5.74, 6) is -1.41. The van der Waals surface area contributed by atoms with Crippen LogP contribution in [0.1, 0.15) is 22.8 Å². The Balaban J connectivity index is 1.84. The number of carbonyl (C=O) groups is 3. The Kier molecular flexibility index (Phi) is 7.70. The van der Waals surface area contributed by atoms with E-state index in [2.05, 4.69) is 20.9 Å². The third-order valence-corrected chi connectivity index (χ3v) is 5.77. The predicted molar refractivity (Wildman–Crippen MR) is 125 cm³/mol. The number of amidine groups is 1. The van der Waals surface area contributed by atoms with Crippen molar-refractivity contribution in [3.63, 3.8) is 0 Å². The van der Waals surface area contributed by atoms with E-state index in [9.17, 15) is 14.4 Å². The van der Waals surface area contributed by atoms with E-state index in [4.69, 9.17) is 14.6 Å². The number of likely N-dealkylation sites (N-methyl/N-ethyl adjacent to an activating group) is 1. The second-order valence-electron chi connectivity index (χ2n) is 6.50. The summed E-state index contributed by atoms with van der Waals surface area (Å²) < 4.78 is 11.1. The molecule has 0 radical (unpaired) electrons. The number of ether oxygens (including phenoxy) is 2. The summed E-state index contributed by atoms with van der Waals surface area (Å²) in [7, 11) is 1.62. The van der Waals surface area contributed by atoms with Gasteiger partial charge in [0.05, 0.1) is 22.8 Å². The molecule has 0 aromatic heterocycles. The van der Waals surface area contributed by atoms with Crippen molar-refractivity contribution in [1.82, 2.24) is 4.90 Å². The number of halogens is 1. The molecule has 10 heteroatoms. The van der Waals surface area contributed by atoms with E-state index < -0.39 is 18.5 Å². The molecular formula is C22H19BrN2O6S. The Morgan fingerprint density at radius 3 is 2.59 bits per heavy atom. The van der Waals surface area contributed by atoms with Crippen LogP contribution in [0.2, 0.25) is 0 Å². The van der Waals surface area contributed by atoms with Gasteiger partial charge in [0.1, 0.15) is 5.75 Å². The maximum absolute atomic E-state index is 12.7. The largest absolute Gasteiger partial charge is 0.481 e. The molecule has 32 heavy (non-hydrogen) atoms. The molecule has 1 amide bonds. The zero-order valence-corrected chi connectivity index (χ0v) is 19.6. The summed E-state index contributed by atoms with van der Waals surface area (Å²) >= 11 is 4.56. The highest BCUT2D eigenvalue weighted by Crippen LogP contribution is 2.35. The Morgan fingerprint density at radius 2 is 1.94 bits per heavy atom. The molecule has 0 aliphatic carbocycles. The number of aliphatic carboxylic acids is 1. The minimum absolute atomic E-state index is 0.249. The van der Waals surface area contributed by atoms with E-state index >= 15 is 0 Å². The van der Waals surface area contributed by atoms with Crippen molar-refractivity contribution in [1.29, 1.82) is 0 Å². The summed E-state index contributed by atoms with van der Waals surface area (Å²) in [4.78, 5) is 41.7. The summed E-state index contributed by atoms with van der Waals surface area (Å²) in [6.45, 7) is 1.54. The van der Waals surface area contributed by atoms with Gasteiger partial charge >= 0.3 is 11.9 Å². The molecule has 1 aliphatic rings. The first-order valence-electron chi connectivity index (χ1n) is 9.46. The van der Waals surface area contributed by atoms with Crippen molar-refractivity contribution in [2.45, 2.75) is 6.92 Å². The zero-order chi connectivity index (χ0) is 23.3. The number of aliphatic imine (C=N–C) groups is 1. The van der Waals surface area contributed by atoms with Crippen molar-refractivity contribution in [3.05, 3.63) is 63.0 Å². The molecule has 1 aliphatic heterocycles. The molecule has 1 saturated heterocycles. The van der Waals surface area contributed by atoms with Gasteiger partial charge in [0, 0.05) is 17.1 Å². The average Bonchev–Trinajstić information content (AvgIpc) is 3.01. The molecule has 0 atom stereocenters. The van der Waals surface area contributed by atoms with Crippen LogP contribution >= 0.6 is 27.7 Å². The fourth-order valence-corrected chi connectivity index (χ4v) is 4.05. The summed E-state index contributed by atoms with van der Waals surface area (Å²) in [6.07, 6.45) is 1.64. The van der Waals surface area contributed by atoms with Crippen LogP contribution in [0.25, 0.3) is 6.08 Å². The van der Waals surface area contributed by atoms with Gasteiger partial charge in [-0.3, -0.25) is 9.69 Å². The molecule has 8 nitrogen and oxygen atoms in total. The summed E-state index contributed by atoms with van der Waals surface area (Å²) in [5, 5.41) is 9.34. The monoisotopic (exact) mass is 518 g/mol. The molecule has 0 bridgehead atoms. The van der Waals surface area contributed by atoms with E-state index in [1.807, 2.05) is 0 Å². The molecule has 0 unspecified atom stereocenters. The third-order valence-electron chi connectivity index (χ3n) is 4.22. The minimum Gasteiger partial charge on any atom is -0.481 e. The number of hydrogen-bond donors (Lipinski definition) is 1. The van der Waals surface area contributed by atoms with Gasteiger partial charge in [0.15, 0.2) is 11.8 Å². The van der Waals surface area contributed by atoms with Crippen LogP contribution in [-0.2, 0) is 14.3 Å². The highest BCUT2D eigenvalue weighted by Gasteiger charge is 2.30. The van der Waals surface area contributed by atoms with Gasteiger partial charge in [0.2, 0.25) is 0 Å². The second-order valence-corrected chi connectivity index (χ2v) is 8.43. The number of thioether (sulfide) groups is 1. The lowest BCUT2D eigenvalue weighted by Crippen LogP contribution is -2.23. The lowest BCUT2D eigenvalue weighted by Gasteiger charge is -2.08. The van der Waals surface area contributed by atoms with Crippen LogP contribution in [-0.4, -0.2) is 53.3 Å². The molecule has 3 rings (SSSR count). The smallest absolute Gasteiger partial charge is 0.341 e. The number of rotatable bonds is 7. The quantitative estimate of drug-likeness (QED) is 0.429. The second kappa shape index (κ2) is 10.5. The van der Waals surface area contributed by atoms with Gasteiger partial charge in [-0.25, -0.2) is 14.6 Å². The van der Waals surface area contributed by atoms with Crippen LogP contribution in [0.4, 0.5) is 5.69 Å². The van der Waals surface area contributed by atoms with Gasteiger partial charge < -0.3 is 14.6 Å². The Hall–Kier alpha value is -3.11. The van der Waals surface area contributed by atoms with Crippen molar-refractivity contribution in [3.8, 4) is 5.75 Å². The number of carboxylic acids is 1. The van der Waals surface area contributed by atoms with E-state index in [0.29, 0.717) is 39.2 Å². The van der Waals surface area contributed by atoms with Gasteiger partial charge in [0.25, 0.3) is 5.91 Å². The van der Waals surface area contributed by atoms with Gasteiger partial charge in [-0.05, 0) is 67.2 Å². The molecule has 2 aromatic carbocycles. The van der Waals surface area contributed by atoms with Crippen molar-refractivity contribution in [2.24, 2.45) is 4.99 Å². The summed E-state index contributed by atoms with van der Waals surface area (Å²) in [6, 6.07) is 11.7. The van der Waals surface area contributed by atoms with E-state index in [1.165, 1.54) is 16.7 Å². The first kappa shape index (κ1) is 23.6. The van der Waals surface area contributed by atoms with E-state index in [0.717, 1.165) is 4.47 Å². The maximum Gasteiger partial charge on any atom is 0.341 e. The number of benzene rings is 2. The molecule has 1 heterocycles. The van der Waals surface area contributed by atoms with Crippen LogP contribution in [0, 0.1) is 0 Å². The number of carbonyl (C=O) groups excluding carboxylic acids is 2. The molecule has 0 spiro atoms. The van der Waals surface area contributed by atoms with Crippen LogP contribution in [0.3, 0.4) is 0 Å². The SMILES string of the molecule is CCOC(=O)c1ccc(N=C2SC(=Cc3cc(Br)ccc3OCC(=O)O)C(=O)N2C)cc1. The zero-order valence-electron chi connectivity index (χ0n) is 17.2. The van der Waals surface area contributed by atoms with Crippen LogP contribution < -0.4 is 4.74 Å². The molecule has 1 N–H and O–H groups in total. The fourth-order valence-electron chi connectivity index (χ4n) is 2.69. The van der Waals surface area contributed by atoms with Gasteiger partial charge in [-0.2, -0.15) is 0 Å². The Bertz CT molecular complexity index is 1110. The number of hydrogen-bond acceptors (Lipinski definition) is 7. The number of amides is 1. The standard InChI is InChI=1S/C22H19BrN2O6S/c1-3-30-21(29)13-4-7-16(8-5-13)24-22-25(2)20(28)18(32-22)11-14-10-15(23)6-9-17(14)31-12-19(26)27/h4-11H,3,12H2,1-2H3,(H,26,27). The van der Waals surface area contributed by atoms with Crippen molar-refractivity contribution < 1.29 is 29.0 Å². The number of nitrogens with zero attached hydrogens (tertiary/aromatic N) is 2. The predicted octanol–water partition coefficient (Wildman–Crippen LogP) is 4.32. The Labute approximate surface area is 197 Å². The average molecular weight is 519 g/mol. The van der Waals surface area contributed by atoms with Crippen LogP contribution in [0.15, 0.2) is 56.8 Å². The maximum atomic E-state index is 12.7. The van der Waals surface area contributed by atoms with E-state index in [1.54, 1.807) is 62.5 Å². The first-order chi connectivity index (χ1) is 15.3. The van der Waals surface area contributed by atoms with Crippen molar-refractivity contribution >= 4 is 62.5 Å². The molecule has 166 valence electrons. The number of esters is 1. The minimum atomic E-state index is -1.10. The lowest BCUT2D eigenvalue weighted by atomic mass is 10.2. The first-order valence-corrected chi connectivity index (χ1v) is 11.1. The normalized spacial score (nSPS) is 16.0.